The lowest BCUT2D eigenvalue weighted by Gasteiger charge is -2.10. The fraction of sp³-hybridized carbons (Fsp3) is 0.188. The van der Waals surface area contributed by atoms with E-state index < -0.39 is 11.9 Å². The monoisotopic (exact) mass is 383 g/mol. The summed E-state index contributed by atoms with van der Waals surface area (Å²) in [4.78, 5) is 31.3. The lowest BCUT2D eigenvalue weighted by atomic mass is 10.1. The van der Waals surface area contributed by atoms with Crippen LogP contribution in [0.3, 0.4) is 0 Å². The van der Waals surface area contributed by atoms with Crippen molar-refractivity contribution in [2.45, 2.75) is 13.5 Å². The summed E-state index contributed by atoms with van der Waals surface area (Å²) in [6.07, 6.45) is 1.07. The normalized spacial score (nSPS) is 10.6. The van der Waals surface area contributed by atoms with Gasteiger partial charge in [0.15, 0.2) is 17.3 Å². The topological polar surface area (TPSA) is 189 Å². The lowest BCUT2D eigenvalue weighted by Crippen LogP contribution is -2.15. The van der Waals surface area contributed by atoms with Crippen LogP contribution in [-0.2, 0) is 6.54 Å². The van der Waals surface area contributed by atoms with Gasteiger partial charge in [-0.15, -0.1) is 0 Å². The van der Waals surface area contributed by atoms with Crippen molar-refractivity contribution in [3.05, 3.63) is 29.1 Å². The van der Waals surface area contributed by atoms with Crippen molar-refractivity contribution in [3.63, 3.8) is 0 Å². The Hall–Kier alpha value is -4.09. The highest BCUT2D eigenvalue weighted by Gasteiger charge is 2.21. The van der Waals surface area contributed by atoms with Crippen LogP contribution in [0.4, 0.5) is 5.69 Å². The first-order valence-electron chi connectivity index (χ1n) is 8.16. The zero-order chi connectivity index (χ0) is 20.4. The minimum absolute atomic E-state index is 0.00494. The number of pyridine rings is 1. The maximum atomic E-state index is 11.6. The minimum Gasteiger partial charge on any atom is -0.476 e. The number of H-pyrrole nitrogens is 1. The van der Waals surface area contributed by atoms with Gasteiger partial charge in [0.2, 0.25) is 0 Å². The number of aryl methyl sites for hydroxylation is 1. The molecule has 1 amide bonds. The molecular weight excluding hydrogens is 366 g/mol. The number of carbonyl (C=O) groups excluding carboxylic acids is 1. The molecule has 0 saturated carbocycles. The van der Waals surface area contributed by atoms with Gasteiger partial charge in [-0.25, -0.2) is 14.8 Å². The molecule has 0 aliphatic carbocycles. The first kappa shape index (κ1) is 18.7. The van der Waals surface area contributed by atoms with Gasteiger partial charge >= 0.3 is 5.97 Å². The number of hydrogen-bond donors (Lipinski definition) is 5. The van der Waals surface area contributed by atoms with Crippen LogP contribution < -0.4 is 11.1 Å². The standard InChI is InChI=1S/C16H17N9O3/c1-3-25-11(5-10(24-25)16(27)28)14-21-15(23-22-14)12-7(6-17)8(19-2)4-9(20-12)13(18)26/h4-6,17H,3H2,1-2H3,(H2,18,26)(H,19,20)(H,27,28)(H,21,22,23). The molecule has 0 atom stereocenters. The van der Waals surface area contributed by atoms with Crippen LogP contribution in [-0.4, -0.2) is 60.2 Å². The van der Waals surface area contributed by atoms with E-state index in [2.05, 4.69) is 30.6 Å². The predicted octanol–water partition coefficient (Wildman–Crippen LogP) is 0.587. The van der Waals surface area contributed by atoms with Gasteiger partial charge in [-0.3, -0.25) is 14.6 Å². The largest absolute Gasteiger partial charge is 0.476 e. The first-order valence-corrected chi connectivity index (χ1v) is 8.16. The summed E-state index contributed by atoms with van der Waals surface area (Å²) in [7, 11) is 1.63. The Bertz CT molecular complexity index is 1080. The Kier molecular flexibility index (Phi) is 4.85. The van der Waals surface area contributed by atoms with Gasteiger partial charge in [0, 0.05) is 37.1 Å². The number of nitrogens with one attached hydrogen (secondary N) is 3. The van der Waals surface area contributed by atoms with E-state index in [1.54, 1.807) is 14.0 Å². The van der Waals surface area contributed by atoms with Gasteiger partial charge in [0.05, 0.1) is 0 Å². The van der Waals surface area contributed by atoms with Gasteiger partial charge in [0.25, 0.3) is 5.91 Å². The van der Waals surface area contributed by atoms with Gasteiger partial charge in [0.1, 0.15) is 17.1 Å². The van der Waals surface area contributed by atoms with Crippen molar-refractivity contribution in [3.8, 4) is 23.0 Å². The molecule has 0 spiro atoms. The summed E-state index contributed by atoms with van der Waals surface area (Å²) in [6, 6.07) is 2.80. The van der Waals surface area contributed by atoms with Crippen LogP contribution in [0.2, 0.25) is 0 Å². The molecule has 12 heteroatoms. The number of anilines is 1. The zero-order valence-electron chi connectivity index (χ0n) is 15.0. The Labute approximate surface area is 158 Å². The summed E-state index contributed by atoms with van der Waals surface area (Å²) in [5.74, 6) is -1.51. The highest BCUT2D eigenvalue weighted by molar-refractivity contribution is 5.98. The molecular formula is C16H17N9O3. The lowest BCUT2D eigenvalue weighted by molar-refractivity contribution is 0.0689. The van der Waals surface area contributed by atoms with E-state index in [0.717, 1.165) is 6.21 Å². The highest BCUT2D eigenvalue weighted by Crippen LogP contribution is 2.26. The number of carbonyl (C=O) groups is 2. The molecule has 0 aromatic carbocycles. The molecule has 3 aromatic heterocycles. The molecule has 0 radical (unpaired) electrons. The number of hydrogen-bond acceptors (Lipinski definition) is 8. The van der Waals surface area contributed by atoms with Crippen LogP contribution in [0, 0.1) is 5.41 Å². The number of amides is 1. The summed E-state index contributed by atoms with van der Waals surface area (Å²) < 4.78 is 1.46. The number of nitrogens with two attached hydrogens (primary N) is 1. The van der Waals surface area contributed by atoms with Crippen LogP contribution in [0.15, 0.2) is 12.1 Å². The number of aromatic carboxylic acids is 1. The average molecular weight is 383 g/mol. The molecule has 0 fully saturated rings. The van der Waals surface area contributed by atoms with Crippen molar-refractivity contribution >= 4 is 23.8 Å². The number of aromatic amines is 1. The number of carboxylic acid groups (broad SMARTS) is 1. The van der Waals surface area contributed by atoms with Gasteiger partial charge in [-0.2, -0.15) is 10.2 Å². The van der Waals surface area contributed by atoms with Crippen molar-refractivity contribution in [1.82, 2.24) is 29.9 Å². The molecule has 0 aliphatic rings. The number of aromatic nitrogens is 6. The summed E-state index contributed by atoms with van der Waals surface area (Å²) >= 11 is 0. The van der Waals surface area contributed by atoms with Gasteiger partial charge < -0.3 is 21.6 Å². The molecule has 28 heavy (non-hydrogen) atoms. The van der Waals surface area contributed by atoms with E-state index in [1.165, 1.54) is 16.8 Å². The van der Waals surface area contributed by atoms with Crippen molar-refractivity contribution in [2.24, 2.45) is 5.73 Å². The maximum Gasteiger partial charge on any atom is 0.356 e. The number of primary amides is 1. The summed E-state index contributed by atoms with van der Waals surface area (Å²) in [5, 5.41) is 30.5. The molecule has 12 nitrogen and oxygen atoms in total. The molecule has 0 aliphatic heterocycles. The quantitative estimate of drug-likeness (QED) is 0.366. The van der Waals surface area contributed by atoms with E-state index >= 15 is 0 Å². The third-order valence-electron chi connectivity index (χ3n) is 3.96. The Balaban J connectivity index is 2.15. The van der Waals surface area contributed by atoms with E-state index in [4.69, 9.17) is 16.2 Å². The van der Waals surface area contributed by atoms with Crippen molar-refractivity contribution in [1.29, 1.82) is 5.41 Å². The predicted molar refractivity (Wildman–Crippen MR) is 99.4 cm³/mol. The third-order valence-corrected chi connectivity index (χ3v) is 3.96. The van der Waals surface area contributed by atoms with Crippen LogP contribution in [0.5, 0.6) is 0 Å². The Morgan fingerprint density at radius 2 is 2.11 bits per heavy atom. The minimum atomic E-state index is -1.16. The van der Waals surface area contributed by atoms with Crippen molar-refractivity contribution in [2.75, 3.05) is 12.4 Å². The average Bonchev–Trinajstić information content (AvgIpc) is 3.33. The van der Waals surface area contributed by atoms with Gasteiger partial charge in [-0.1, -0.05) is 0 Å². The second kappa shape index (κ2) is 7.26. The molecule has 3 rings (SSSR count). The number of rotatable bonds is 7. The summed E-state index contributed by atoms with van der Waals surface area (Å²) in [5.41, 5.74) is 6.66. The van der Waals surface area contributed by atoms with E-state index in [1.807, 2.05) is 0 Å². The molecule has 6 N–H and O–H groups in total. The fourth-order valence-electron chi connectivity index (χ4n) is 2.64. The Morgan fingerprint density at radius 1 is 1.36 bits per heavy atom. The SMILES string of the molecule is CCn1nc(C(=O)O)cc1-c1n[nH]c(-c2nc(C(N)=O)cc(NC)c2C=N)n1. The maximum absolute atomic E-state index is 11.6. The Morgan fingerprint density at radius 3 is 2.68 bits per heavy atom. The first-order chi connectivity index (χ1) is 13.4. The second-order valence-corrected chi connectivity index (χ2v) is 5.62. The van der Waals surface area contributed by atoms with Gasteiger partial charge in [-0.05, 0) is 13.0 Å². The van der Waals surface area contributed by atoms with Crippen LogP contribution in [0.1, 0.15) is 33.5 Å². The molecule has 144 valence electrons. The fourth-order valence-corrected chi connectivity index (χ4v) is 2.64. The number of carboxylic acids is 1. The number of nitrogens with zero attached hydrogens (tertiary/aromatic N) is 5. The summed E-state index contributed by atoms with van der Waals surface area (Å²) in [6.45, 7) is 2.22. The van der Waals surface area contributed by atoms with Crippen LogP contribution >= 0.6 is 0 Å². The molecule has 0 saturated heterocycles. The van der Waals surface area contributed by atoms with E-state index in [-0.39, 0.29) is 28.7 Å². The highest BCUT2D eigenvalue weighted by atomic mass is 16.4. The second-order valence-electron chi connectivity index (χ2n) is 5.62. The molecule has 0 unspecified atom stereocenters. The van der Waals surface area contributed by atoms with E-state index in [0.29, 0.717) is 23.5 Å². The van der Waals surface area contributed by atoms with Crippen LogP contribution in [0.25, 0.3) is 23.0 Å². The zero-order valence-corrected chi connectivity index (χ0v) is 15.0. The molecule has 3 aromatic rings. The molecule has 3 heterocycles. The molecule has 0 bridgehead atoms. The smallest absolute Gasteiger partial charge is 0.356 e. The van der Waals surface area contributed by atoms with E-state index in [9.17, 15) is 9.59 Å². The third kappa shape index (κ3) is 3.18. The van der Waals surface area contributed by atoms with Crippen molar-refractivity contribution < 1.29 is 14.7 Å².